The Labute approximate surface area is 194 Å². The molecule has 2 aliphatic heterocycles. The molecule has 0 radical (unpaired) electrons. The zero-order valence-corrected chi connectivity index (χ0v) is 20.7. The van der Waals surface area contributed by atoms with E-state index in [0.29, 0.717) is 30.2 Å². The highest BCUT2D eigenvalue weighted by molar-refractivity contribution is 6.76. The highest BCUT2D eigenvalue weighted by Gasteiger charge is 2.45. The predicted octanol–water partition coefficient (Wildman–Crippen LogP) is 3.64. The van der Waals surface area contributed by atoms with Crippen LogP contribution in [-0.4, -0.2) is 58.6 Å². The fraction of sp³-hybridized carbons (Fsp3) is 0.417. The lowest BCUT2D eigenvalue weighted by molar-refractivity contribution is -0.120. The average Bonchev–Trinajstić information content (AvgIpc) is 3.12. The molecule has 2 amide bonds. The fourth-order valence-electron chi connectivity index (χ4n) is 4.19. The third kappa shape index (κ3) is 4.30. The van der Waals surface area contributed by atoms with Crippen molar-refractivity contribution in [2.75, 3.05) is 37.4 Å². The zero-order valence-electron chi connectivity index (χ0n) is 19.7. The lowest BCUT2D eigenvalue weighted by atomic mass is 10.1. The Hall–Kier alpha value is -3.04. The highest BCUT2D eigenvalue weighted by Crippen LogP contribution is 2.43. The maximum Gasteiger partial charge on any atom is 0.261 e. The van der Waals surface area contributed by atoms with Gasteiger partial charge in [-0.2, -0.15) is 0 Å². The first-order chi connectivity index (χ1) is 15.6. The molecule has 1 atom stereocenters. The van der Waals surface area contributed by atoms with Crippen molar-refractivity contribution >= 4 is 31.3 Å². The molecule has 2 aromatic carbocycles. The molecule has 4 rings (SSSR count). The quantitative estimate of drug-likeness (QED) is 0.491. The van der Waals surface area contributed by atoms with Gasteiger partial charge in [0.05, 0.1) is 31.2 Å². The summed E-state index contributed by atoms with van der Waals surface area (Å²) in [6, 6.07) is 8.62. The Balaban J connectivity index is 1.76. The number of ether oxygens (including phenoxy) is 3. The van der Waals surface area contributed by atoms with Gasteiger partial charge in [0.2, 0.25) is 0 Å². The van der Waals surface area contributed by atoms with Crippen molar-refractivity contribution in [3.8, 4) is 17.2 Å². The van der Waals surface area contributed by atoms with Crippen LogP contribution in [0.3, 0.4) is 0 Å². The van der Waals surface area contributed by atoms with Crippen molar-refractivity contribution < 1.29 is 28.9 Å². The van der Waals surface area contributed by atoms with Gasteiger partial charge in [0.15, 0.2) is 11.5 Å². The Morgan fingerprint density at radius 1 is 1.06 bits per heavy atom. The molecule has 0 aromatic heterocycles. The number of benzene rings is 2. The Kier molecular flexibility index (Phi) is 6.11. The topological polar surface area (TPSA) is 88.5 Å². The van der Waals surface area contributed by atoms with E-state index in [4.69, 9.17) is 14.2 Å². The van der Waals surface area contributed by atoms with Crippen LogP contribution in [-0.2, 0) is 16.0 Å². The first-order valence-electron chi connectivity index (χ1n) is 10.9. The molecule has 0 bridgehead atoms. The molecule has 176 valence electrons. The van der Waals surface area contributed by atoms with Gasteiger partial charge < -0.3 is 19.3 Å². The average molecular weight is 471 g/mol. The smallest absolute Gasteiger partial charge is 0.261 e. The van der Waals surface area contributed by atoms with Crippen LogP contribution >= 0.6 is 0 Å². The molecule has 0 saturated carbocycles. The van der Waals surface area contributed by atoms with Gasteiger partial charge in [0.1, 0.15) is 18.5 Å². The molecule has 9 heteroatoms. The van der Waals surface area contributed by atoms with Gasteiger partial charge in [-0.25, -0.2) is 0 Å². The summed E-state index contributed by atoms with van der Waals surface area (Å²) in [5.41, 5.74) is 2.13. The number of methoxy groups -OCH3 is 2. The van der Waals surface area contributed by atoms with E-state index in [1.807, 2.05) is 12.1 Å². The summed E-state index contributed by atoms with van der Waals surface area (Å²) in [4.78, 5) is 30.5. The van der Waals surface area contributed by atoms with Crippen molar-refractivity contribution in [1.82, 2.24) is 0 Å². The third-order valence-corrected chi connectivity index (χ3v) is 7.79. The molecule has 0 saturated heterocycles. The molecule has 0 aliphatic carbocycles. The Bertz CT molecular complexity index is 1100. The number of phenolic OH excluding ortho intramolecular Hbond substituents is 1. The number of nitrogens with zero attached hydrogens (tertiary/aromatic N) is 2. The van der Waals surface area contributed by atoms with Gasteiger partial charge in [-0.1, -0.05) is 25.7 Å². The predicted molar refractivity (Wildman–Crippen MR) is 128 cm³/mol. The first kappa shape index (κ1) is 23.1. The molecule has 0 fully saturated rings. The number of fused-ring (bicyclic) bond motifs is 4. The van der Waals surface area contributed by atoms with E-state index in [-0.39, 0.29) is 35.6 Å². The number of amides is 2. The molecule has 2 heterocycles. The SMILES string of the molecule is COc1ccc2c(c1)N1C(=O)c3cc(OC)c(O)cc3N(COCC[Si](C)(C)C)C(=O)[C@@H]1C2. The molecule has 0 spiro atoms. The van der Waals surface area contributed by atoms with Crippen LogP contribution < -0.4 is 19.3 Å². The second-order valence-electron chi connectivity index (χ2n) is 9.55. The van der Waals surface area contributed by atoms with Gasteiger partial charge in [-0.15, -0.1) is 0 Å². The normalized spacial score (nSPS) is 17.4. The molecule has 2 aromatic rings. The summed E-state index contributed by atoms with van der Waals surface area (Å²) in [6.07, 6.45) is 0.395. The molecule has 2 aliphatic rings. The van der Waals surface area contributed by atoms with Gasteiger partial charge in [0.25, 0.3) is 11.8 Å². The number of aromatic hydroxyl groups is 1. The lowest BCUT2D eigenvalue weighted by Gasteiger charge is -2.26. The van der Waals surface area contributed by atoms with Crippen LogP contribution in [0.15, 0.2) is 30.3 Å². The van der Waals surface area contributed by atoms with Crippen molar-refractivity contribution in [1.29, 1.82) is 0 Å². The number of anilines is 2. The minimum Gasteiger partial charge on any atom is -0.504 e. The van der Waals surface area contributed by atoms with E-state index in [9.17, 15) is 14.7 Å². The number of hydrogen-bond donors (Lipinski definition) is 1. The van der Waals surface area contributed by atoms with E-state index in [0.717, 1.165) is 11.6 Å². The van der Waals surface area contributed by atoms with Crippen LogP contribution in [0.2, 0.25) is 25.7 Å². The summed E-state index contributed by atoms with van der Waals surface area (Å²) in [5, 5.41) is 10.4. The van der Waals surface area contributed by atoms with Crippen molar-refractivity contribution in [2.24, 2.45) is 0 Å². The van der Waals surface area contributed by atoms with Gasteiger partial charge in [-0.05, 0) is 23.7 Å². The van der Waals surface area contributed by atoms with E-state index < -0.39 is 14.1 Å². The van der Waals surface area contributed by atoms with E-state index >= 15 is 0 Å². The van der Waals surface area contributed by atoms with Crippen molar-refractivity contribution in [3.05, 3.63) is 41.5 Å². The molecule has 8 nitrogen and oxygen atoms in total. The Morgan fingerprint density at radius 2 is 1.82 bits per heavy atom. The summed E-state index contributed by atoms with van der Waals surface area (Å²) in [7, 11) is 1.67. The van der Waals surface area contributed by atoms with E-state index in [1.165, 1.54) is 29.0 Å². The minimum absolute atomic E-state index is 0.000626. The molecule has 33 heavy (non-hydrogen) atoms. The van der Waals surface area contributed by atoms with Crippen LogP contribution in [0.25, 0.3) is 0 Å². The van der Waals surface area contributed by atoms with Crippen LogP contribution in [0, 0.1) is 0 Å². The summed E-state index contributed by atoms with van der Waals surface area (Å²) in [5.74, 6) is 0.0350. The monoisotopic (exact) mass is 470 g/mol. The first-order valence-corrected chi connectivity index (χ1v) is 14.7. The number of carbonyl (C=O) groups is 2. The maximum atomic E-state index is 13.7. The van der Waals surface area contributed by atoms with Gasteiger partial charge in [0, 0.05) is 33.2 Å². The highest BCUT2D eigenvalue weighted by atomic mass is 28.3. The summed E-state index contributed by atoms with van der Waals surface area (Å²) in [6.45, 7) is 7.30. The van der Waals surface area contributed by atoms with Gasteiger partial charge >= 0.3 is 0 Å². The maximum absolute atomic E-state index is 13.7. The van der Waals surface area contributed by atoms with E-state index in [2.05, 4.69) is 19.6 Å². The van der Waals surface area contributed by atoms with Crippen LogP contribution in [0.4, 0.5) is 11.4 Å². The van der Waals surface area contributed by atoms with Crippen LogP contribution in [0.5, 0.6) is 17.2 Å². The van der Waals surface area contributed by atoms with Gasteiger partial charge in [-0.3, -0.25) is 19.4 Å². The molecular formula is C24H30N2O6Si. The molecular weight excluding hydrogens is 440 g/mol. The fourth-order valence-corrected chi connectivity index (χ4v) is 4.95. The number of phenols is 1. The molecule has 1 N–H and O–H groups in total. The summed E-state index contributed by atoms with van der Waals surface area (Å²) >= 11 is 0. The molecule has 0 unspecified atom stereocenters. The largest absolute Gasteiger partial charge is 0.504 e. The number of rotatable bonds is 7. The third-order valence-electron chi connectivity index (χ3n) is 6.08. The second-order valence-corrected chi connectivity index (χ2v) is 15.2. The zero-order chi connectivity index (χ0) is 23.9. The second kappa shape index (κ2) is 8.72. The minimum atomic E-state index is -1.31. The standard InChI is InChI=1S/C24H30N2O6Si/c1-30-16-7-6-15-10-20-24(29)25(14-32-8-9-33(3,4)5)19-13-21(27)22(31-2)12-17(19)23(28)26(20)18(15)11-16/h6-7,11-13,20,27H,8-10,14H2,1-5H3/t20-/m0/s1. The summed E-state index contributed by atoms with van der Waals surface area (Å²) < 4.78 is 16.5. The number of carbonyl (C=O) groups excluding carboxylic acids is 2. The van der Waals surface area contributed by atoms with Crippen molar-refractivity contribution in [3.63, 3.8) is 0 Å². The number of hydrogen-bond acceptors (Lipinski definition) is 6. The Morgan fingerprint density at radius 3 is 2.48 bits per heavy atom. The van der Waals surface area contributed by atoms with Crippen LogP contribution in [0.1, 0.15) is 15.9 Å². The van der Waals surface area contributed by atoms with E-state index in [1.54, 1.807) is 13.2 Å². The van der Waals surface area contributed by atoms with Crippen molar-refractivity contribution in [2.45, 2.75) is 38.1 Å². The lowest BCUT2D eigenvalue weighted by Crippen LogP contribution is -2.47.